The molecule has 9 aromatic rings. The standard InChI is InChI=1S/C46H29N5/c47-26-30-14-20-45-41(22-30)38-10-4-6-12-43(38)50(45)35-18-19-37-33(24-35)29-49(34-8-2-1-3-9-34)28-32-16-17-36(25-40(32)37)51-44-13-7-5-11-39(44)42-23-31(27-48)15-21-46(42)51/h1-25H,28-29H2. The number of nitrogens with zero attached hydrogens (tertiary/aromatic N) is 5. The van der Waals surface area contributed by atoms with E-state index in [2.05, 4.69) is 154 Å². The fraction of sp³-hybridized carbons (Fsp3) is 0.0435. The third-order valence-electron chi connectivity index (χ3n) is 10.4. The molecule has 0 unspecified atom stereocenters. The molecule has 7 aromatic carbocycles. The fourth-order valence-corrected chi connectivity index (χ4v) is 8.13. The van der Waals surface area contributed by atoms with Crippen molar-refractivity contribution in [3.63, 3.8) is 0 Å². The quantitative estimate of drug-likeness (QED) is 0.191. The van der Waals surface area contributed by atoms with Crippen molar-refractivity contribution < 1.29 is 0 Å². The molecule has 0 bridgehead atoms. The predicted molar refractivity (Wildman–Crippen MR) is 206 cm³/mol. The molecule has 1 aliphatic heterocycles. The van der Waals surface area contributed by atoms with Crippen LogP contribution in [-0.4, -0.2) is 9.13 Å². The second kappa shape index (κ2) is 11.2. The van der Waals surface area contributed by atoms with Gasteiger partial charge in [-0.25, -0.2) is 0 Å². The van der Waals surface area contributed by atoms with Crippen LogP contribution in [0.5, 0.6) is 0 Å². The number of fused-ring (bicyclic) bond motifs is 9. The summed E-state index contributed by atoms with van der Waals surface area (Å²) >= 11 is 0. The minimum absolute atomic E-state index is 0.659. The predicted octanol–water partition coefficient (Wildman–Crippen LogP) is 10.8. The third kappa shape index (κ3) is 4.46. The van der Waals surface area contributed by atoms with Gasteiger partial charge in [0.25, 0.3) is 0 Å². The van der Waals surface area contributed by atoms with Gasteiger partial charge in [-0.3, -0.25) is 0 Å². The monoisotopic (exact) mass is 651 g/mol. The minimum atomic E-state index is 0.659. The topological polar surface area (TPSA) is 60.7 Å². The number of rotatable bonds is 3. The molecule has 0 amide bonds. The molecule has 2 aromatic heterocycles. The van der Waals surface area contributed by atoms with Gasteiger partial charge in [0.1, 0.15) is 0 Å². The van der Waals surface area contributed by atoms with Gasteiger partial charge in [-0.1, -0.05) is 66.7 Å². The van der Waals surface area contributed by atoms with E-state index in [0.29, 0.717) is 11.1 Å². The highest BCUT2D eigenvalue weighted by atomic mass is 15.1. The second-order valence-electron chi connectivity index (χ2n) is 13.3. The molecule has 51 heavy (non-hydrogen) atoms. The van der Waals surface area contributed by atoms with Crippen LogP contribution in [0.4, 0.5) is 5.69 Å². The lowest BCUT2D eigenvalue weighted by Crippen LogP contribution is -2.20. The van der Waals surface area contributed by atoms with Crippen molar-refractivity contribution in [1.82, 2.24) is 9.13 Å². The van der Waals surface area contributed by atoms with Crippen molar-refractivity contribution in [1.29, 1.82) is 10.5 Å². The summed E-state index contributed by atoms with van der Waals surface area (Å²) in [6.45, 7) is 1.52. The van der Waals surface area contributed by atoms with E-state index >= 15 is 0 Å². The normalized spacial score (nSPS) is 12.5. The summed E-state index contributed by atoms with van der Waals surface area (Å²) in [5, 5.41) is 23.8. The molecule has 0 saturated carbocycles. The van der Waals surface area contributed by atoms with Crippen molar-refractivity contribution in [3.05, 3.63) is 174 Å². The van der Waals surface area contributed by atoms with Crippen LogP contribution in [0, 0.1) is 22.7 Å². The maximum absolute atomic E-state index is 9.68. The molecule has 1 aliphatic rings. The molecule has 238 valence electrons. The first-order valence-corrected chi connectivity index (χ1v) is 17.1. The van der Waals surface area contributed by atoms with Crippen LogP contribution in [-0.2, 0) is 13.1 Å². The van der Waals surface area contributed by atoms with E-state index in [1.165, 1.54) is 27.9 Å². The van der Waals surface area contributed by atoms with E-state index < -0.39 is 0 Å². The molecule has 0 radical (unpaired) electrons. The van der Waals surface area contributed by atoms with Gasteiger partial charge in [-0.15, -0.1) is 0 Å². The highest BCUT2D eigenvalue weighted by Gasteiger charge is 2.23. The first-order valence-electron chi connectivity index (χ1n) is 17.1. The van der Waals surface area contributed by atoms with Gasteiger partial charge in [0.2, 0.25) is 0 Å². The first-order chi connectivity index (χ1) is 25.2. The maximum atomic E-state index is 9.68. The van der Waals surface area contributed by atoms with Gasteiger partial charge in [-0.2, -0.15) is 10.5 Å². The molecule has 0 aliphatic carbocycles. The van der Waals surface area contributed by atoms with E-state index in [4.69, 9.17) is 0 Å². The summed E-state index contributed by atoms with van der Waals surface area (Å²) in [5.41, 5.74) is 14.0. The summed E-state index contributed by atoms with van der Waals surface area (Å²) < 4.78 is 4.66. The van der Waals surface area contributed by atoms with Crippen molar-refractivity contribution in [2.24, 2.45) is 0 Å². The van der Waals surface area contributed by atoms with Crippen molar-refractivity contribution in [3.8, 4) is 34.6 Å². The zero-order valence-corrected chi connectivity index (χ0v) is 27.6. The Kier molecular flexibility index (Phi) is 6.37. The first kappa shape index (κ1) is 28.9. The van der Waals surface area contributed by atoms with Crippen molar-refractivity contribution in [2.75, 3.05) is 4.90 Å². The number of benzene rings is 7. The highest BCUT2D eigenvalue weighted by molar-refractivity contribution is 6.10. The van der Waals surface area contributed by atoms with Gasteiger partial charge in [0.05, 0.1) is 45.3 Å². The molecule has 5 nitrogen and oxygen atoms in total. The molecule has 5 heteroatoms. The summed E-state index contributed by atoms with van der Waals surface area (Å²) in [5.74, 6) is 0. The Labute approximate surface area is 294 Å². The maximum Gasteiger partial charge on any atom is 0.0991 e. The second-order valence-corrected chi connectivity index (χ2v) is 13.3. The van der Waals surface area contributed by atoms with Crippen LogP contribution in [0.3, 0.4) is 0 Å². The molecule has 0 atom stereocenters. The van der Waals surface area contributed by atoms with Crippen LogP contribution in [0.15, 0.2) is 152 Å². The molecule has 10 rings (SSSR count). The molecular formula is C46H29N5. The zero-order chi connectivity index (χ0) is 34.1. The minimum Gasteiger partial charge on any atom is -0.363 e. The van der Waals surface area contributed by atoms with Crippen LogP contribution >= 0.6 is 0 Å². The summed E-state index contributed by atoms with van der Waals surface area (Å²) in [4.78, 5) is 2.46. The number of para-hydroxylation sites is 3. The lowest BCUT2D eigenvalue weighted by atomic mass is 9.95. The molecule has 0 saturated heterocycles. The molecule has 0 spiro atoms. The summed E-state index contributed by atoms with van der Waals surface area (Å²) in [6, 6.07) is 57.9. The molecular weight excluding hydrogens is 623 g/mol. The van der Waals surface area contributed by atoms with Crippen LogP contribution in [0.25, 0.3) is 66.1 Å². The Morgan fingerprint density at radius 2 is 0.922 bits per heavy atom. The van der Waals surface area contributed by atoms with Gasteiger partial charge < -0.3 is 14.0 Å². The summed E-state index contributed by atoms with van der Waals surface area (Å²) in [6.07, 6.45) is 0. The SMILES string of the molecule is N#Cc1ccc2c(c1)c1ccccc1n2-c1ccc2c(c1)CN(c1ccccc1)Cc1ccc(-n3c4ccccc4c4cc(C#N)ccc43)cc1-2. The van der Waals surface area contributed by atoms with Gasteiger partial charge in [-0.05, 0) is 107 Å². The Balaban J connectivity index is 1.20. The number of hydrogen-bond donors (Lipinski definition) is 0. The highest BCUT2D eigenvalue weighted by Crippen LogP contribution is 2.40. The van der Waals surface area contributed by atoms with Crippen LogP contribution < -0.4 is 4.90 Å². The van der Waals surface area contributed by atoms with E-state index in [0.717, 1.165) is 68.1 Å². The molecule has 3 heterocycles. The average molecular weight is 652 g/mol. The third-order valence-corrected chi connectivity index (χ3v) is 10.4. The Morgan fingerprint density at radius 3 is 1.55 bits per heavy atom. The molecule has 0 fully saturated rings. The van der Waals surface area contributed by atoms with E-state index in [9.17, 15) is 10.5 Å². The number of anilines is 1. The van der Waals surface area contributed by atoms with E-state index in [-0.39, 0.29) is 0 Å². The average Bonchev–Trinajstić information content (AvgIpc) is 3.64. The van der Waals surface area contributed by atoms with Crippen molar-refractivity contribution in [2.45, 2.75) is 13.1 Å². The van der Waals surface area contributed by atoms with E-state index in [1.807, 2.05) is 24.3 Å². The number of aromatic nitrogens is 2. The fourth-order valence-electron chi connectivity index (χ4n) is 8.13. The van der Waals surface area contributed by atoms with Crippen LogP contribution in [0.1, 0.15) is 22.3 Å². The van der Waals surface area contributed by atoms with Gasteiger partial charge in [0.15, 0.2) is 0 Å². The lowest BCUT2D eigenvalue weighted by Gasteiger charge is -2.24. The zero-order valence-electron chi connectivity index (χ0n) is 27.6. The summed E-state index contributed by atoms with van der Waals surface area (Å²) in [7, 11) is 0. The Bertz CT molecular complexity index is 2950. The Hall–Kier alpha value is -7.08. The number of hydrogen-bond acceptors (Lipinski definition) is 3. The largest absolute Gasteiger partial charge is 0.363 e. The van der Waals surface area contributed by atoms with E-state index in [1.54, 1.807) is 0 Å². The Morgan fingerprint density at radius 1 is 0.392 bits per heavy atom. The smallest absolute Gasteiger partial charge is 0.0991 e. The van der Waals surface area contributed by atoms with Gasteiger partial charge in [0, 0.05) is 51.7 Å². The lowest BCUT2D eigenvalue weighted by molar-refractivity contribution is 0.811. The number of nitriles is 2. The van der Waals surface area contributed by atoms with Crippen LogP contribution in [0.2, 0.25) is 0 Å². The molecule has 0 N–H and O–H groups in total. The van der Waals surface area contributed by atoms with Crippen molar-refractivity contribution >= 4 is 49.3 Å². The van der Waals surface area contributed by atoms with Gasteiger partial charge >= 0.3 is 0 Å².